The van der Waals surface area contributed by atoms with Crippen molar-refractivity contribution >= 4 is 11.8 Å². The van der Waals surface area contributed by atoms with Crippen LogP contribution in [0.4, 0.5) is 0 Å². The van der Waals surface area contributed by atoms with Crippen LogP contribution in [0.1, 0.15) is 32.3 Å². The lowest BCUT2D eigenvalue weighted by molar-refractivity contribution is 0.318. The monoisotopic (exact) mass is 281 g/mol. The van der Waals surface area contributed by atoms with Gasteiger partial charge in [-0.1, -0.05) is 19.1 Å². The third kappa shape index (κ3) is 7.48. The molecule has 1 rings (SSSR count). The summed E-state index contributed by atoms with van der Waals surface area (Å²) >= 11 is 1.87. The Morgan fingerprint density at radius 2 is 2.00 bits per heavy atom. The Kier molecular flexibility index (Phi) is 8.76. The van der Waals surface area contributed by atoms with E-state index < -0.39 is 0 Å². The number of nitrogens with one attached hydrogen (secondary N) is 1. The number of aryl methyl sites for hydroxylation is 1. The Balaban J connectivity index is 2.27. The van der Waals surface area contributed by atoms with E-state index in [2.05, 4.69) is 49.7 Å². The Morgan fingerprint density at radius 1 is 1.26 bits per heavy atom. The van der Waals surface area contributed by atoms with Gasteiger partial charge in [0.25, 0.3) is 0 Å². The van der Waals surface area contributed by atoms with E-state index in [1.807, 2.05) is 11.8 Å². The van der Waals surface area contributed by atoms with Gasteiger partial charge in [-0.2, -0.15) is 11.8 Å². The first kappa shape index (κ1) is 16.4. The first-order valence-corrected chi connectivity index (χ1v) is 8.59. The number of thioether (sulfide) groups is 1. The summed E-state index contributed by atoms with van der Waals surface area (Å²) < 4.78 is 5.70. The van der Waals surface area contributed by atoms with Gasteiger partial charge in [-0.25, -0.2) is 0 Å². The van der Waals surface area contributed by atoms with E-state index in [0.29, 0.717) is 6.04 Å². The SMILES string of the molecule is CCNC(C)CCc1ccc(OCCCSC)cc1. The maximum atomic E-state index is 5.70. The molecule has 0 aliphatic heterocycles. The normalized spacial score (nSPS) is 12.4. The maximum absolute atomic E-state index is 5.70. The van der Waals surface area contributed by atoms with Crippen molar-refractivity contribution in [3.63, 3.8) is 0 Å². The van der Waals surface area contributed by atoms with E-state index in [9.17, 15) is 0 Å². The topological polar surface area (TPSA) is 21.3 Å². The van der Waals surface area contributed by atoms with Crippen LogP contribution in [0.3, 0.4) is 0 Å². The summed E-state index contributed by atoms with van der Waals surface area (Å²) in [6, 6.07) is 9.14. The van der Waals surface area contributed by atoms with Crippen LogP contribution < -0.4 is 10.1 Å². The summed E-state index contributed by atoms with van der Waals surface area (Å²) in [5.41, 5.74) is 1.39. The molecule has 1 aromatic rings. The van der Waals surface area contributed by atoms with E-state index in [-0.39, 0.29) is 0 Å². The van der Waals surface area contributed by atoms with Crippen molar-refractivity contribution in [1.82, 2.24) is 5.32 Å². The van der Waals surface area contributed by atoms with Crippen LogP contribution >= 0.6 is 11.8 Å². The second-order valence-electron chi connectivity index (χ2n) is 4.84. The molecule has 3 heteroatoms. The molecule has 19 heavy (non-hydrogen) atoms. The number of ether oxygens (including phenoxy) is 1. The predicted molar refractivity (Wildman–Crippen MR) is 86.4 cm³/mol. The van der Waals surface area contributed by atoms with Crippen molar-refractivity contribution in [2.24, 2.45) is 0 Å². The summed E-state index contributed by atoms with van der Waals surface area (Å²) in [4.78, 5) is 0. The minimum Gasteiger partial charge on any atom is -0.494 e. The first-order chi connectivity index (χ1) is 9.26. The van der Waals surface area contributed by atoms with Crippen molar-refractivity contribution < 1.29 is 4.74 Å². The van der Waals surface area contributed by atoms with E-state index in [4.69, 9.17) is 4.74 Å². The van der Waals surface area contributed by atoms with Gasteiger partial charge in [0.2, 0.25) is 0 Å². The molecule has 2 nitrogen and oxygen atoms in total. The zero-order valence-electron chi connectivity index (χ0n) is 12.4. The molecule has 0 saturated heterocycles. The average Bonchev–Trinajstić information content (AvgIpc) is 2.43. The molecule has 1 unspecified atom stereocenters. The van der Waals surface area contributed by atoms with Crippen molar-refractivity contribution in [3.8, 4) is 5.75 Å². The lowest BCUT2D eigenvalue weighted by atomic mass is 10.1. The second kappa shape index (κ2) is 10.2. The van der Waals surface area contributed by atoms with Gasteiger partial charge in [-0.15, -0.1) is 0 Å². The van der Waals surface area contributed by atoms with Gasteiger partial charge in [-0.05, 0) is 62.4 Å². The minimum absolute atomic E-state index is 0.590. The van der Waals surface area contributed by atoms with Gasteiger partial charge in [-0.3, -0.25) is 0 Å². The average molecular weight is 281 g/mol. The predicted octanol–water partition coefficient (Wildman–Crippen LogP) is 3.75. The molecular formula is C16H27NOS. The standard InChI is InChI=1S/C16H27NOS/c1-4-17-14(2)6-7-15-8-10-16(11-9-15)18-12-5-13-19-3/h8-11,14,17H,4-7,12-13H2,1-3H3. The second-order valence-corrected chi connectivity index (χ2v) is 5.82. The van der Waals surface area contributed by atoms with Gasteiger partial charge in [0, 0.05) is 6.04 Å². The quantitative estimate of drug-likeness (QED) is 0.660. The summed E-state index contributed by atoms with van der Waals surface area (Å²) in [6.07, 6.45) is 5.55. The highest BCUT2D eigenvalue weighted by Gasteiger charge is 2.01. The van der Waals surface area contributed by atoms with Crippen LogP contribution in [0.25, 0.3) is 0 Å². The molecule has 0 fully saturated rings. The summed E-state index contributed by atoms with van der Waals surface area (Å²) in [7, 11) is 0. The fourth-order valence-corrected chi connectivity index (χ4v) is 2.39. The zero-order chi connectivity index (χ0) is 13.9. The Morgan fingerprint density at radius 3 is 2.63 bits per heavy atom. The van der Waals surface area contributed by atoms with Gasteiger partial charge >= 0.3 is 0 Å². The number of rotatable bonds is 10. The molecular weight excluding hydrogens is 254 g/mol. The third-order valence-electron chi connectivity index (χ3n) is 3.10. The maximum Gasteiger partial charge on any atom is 0.119 e. The Bertz CT molecular complexity index is 326. The Hall–Kier alpha value is -0.670. The molecule has 0 bridgehead atoms. The van der Waals surface area contributed by atoms with Crippen LogP contribution in [-0.2, 0) is 6.42 Å². The number of hydrogen-bond donors (Lipinski definition) is 1. The van der Waals surface area contributed by atoms with Gasteiger partial charge < -0.3 is 10.1 Å². The molecule has 1 atom stereocenters. The third-order valence-corrected chi connectivity index (χ3v) is 3.80. The van der Waals surface area contributed by atoms with Gasteiger partial charge in [0.15, 0.2) is 0 Å². The van der Waals surface area contributed by atoms with Gasteiger partial charge in [0.05, 0.1) is 6.61 Å². The molecule has 0 aliphatic carbocycles. The largest absolute Gasteiger partial charge is 0.494 e. The molecule has 0 spiro atoms. The summed E-state index contributed by atoms with van der Waals surface area (Å²) in [6.45, 7) is 6.26. The highest BCUT2D eigenvalue weighted by molar-refractivity contribution is 7.98. The molecule has 0 saturated carbocycles. The van der Waals surface area contributed by atoms with Crippen LogP contribution in [0.15, 0.2) is 24.3 Å². The molecule has 0 amide bonds. The van der Waals surface area contributed by atoms with Crippen molar-refractivity contribution in [2.45, 2.75) is 39.2 Å². The molecule has 0 aliphatic rings. The molecule has 0 aromatic heterocycles. The number of benzene rings is 1. The summed E-state index contributed by atoms with van der Waals surface area (Å²) in [5, 5.41) is 3.44. The zero-order valence-corrected chi connectivity index (χ0v) is 13.3. The molecule has 1 aromatic carbocycles. The van der Waals surface area contributed by atoms with Crippen molar-refractivity contribution in [2.75, 3.05) is 25.2 Å². The molecule has 108 valence electrons. The molecule has 1 N–H and O–H groups in total. The van der Waals surface area contributed by atoms with Crippen LogP contribution in [0.5, 0.6) is 5.75 Å². The Labute approximate surface area is 122 Å². The fraction of sp³-hybridized carbons (Fsp3) is 0.625. The highest BCUT2D eigenvalue weighted by atomic mass is 32.2. The fourth-order valence-electron chi connectivity index (χ4n) is 1.98. The minimum atomic E-state index is 0.590. The lowest BCUT2D eigenvalue weighted by Gasteiger charge is -2.12. The molecule has 0 heterocycles. The van der Waals surface area contributed by atoms with Crippen molar-refractivity contribution in [3.05, 3.63) is 29.8 Å². The van der Waals surface area contributed by atoms with Crippen LogP contribution in [0.2, 0.25) is 0 Å². The first-order valence-electron chi connectivity index (χ1n) is 7.20. The van der Waals surface area contributed by atoms with Crippen molar-refractivity contribution in [1.29, 1.82) is 0 Å². The number of hydrogen-bond acceptors (Lipinski definition) is 3. The smallest absolute Gasteiger partial charge is 0.119 e. The highest BCUT2D eigenvalue weighted by Crippen LogP contribution is 2.14. The van der Waals surface area contributed by atoms with E-state index in [1.165, 1.54) is 17.7 Å². The summed E-state index contributed by atoms with van der Waals surface area (Å²) in [5.74, 6) is 2.16. The van der Waals surface area contributed by atoms with Crippen LogP contribution in [0, 0.1) is 0 Å². The van der Waals surface area contributed by atoms with Crippen LogP contribution in [-0.4, -0.2) is 31.2 Å². The van der Waals surface area contributed by atoms with E-state index in [0.717, 1.165) is 31.7 Å². The van der Waals surface area contributed by atoms with E-state index in [1.54, 1.807) is 0 Å². The van der Waals surface area contributed by atoms with E-state index >= 15 is 0 Å². The lowest BCUT2D eigenvalue weighted by Crippen LogP contribution is -2.25. The van der Waals surface area contributed by atoms with Gasteiger partial charge in [0.1, 0.15) is 5.75 Å². The molecule has 0 radical (unpaired) electrons.